The molecule has 19 heavy (non-hydrogen) atoms. The Hall–Kier alpha value is -1.42. The van der Waals surface area contributed by atoms with Gasteiger partial charge in [0.15, 0.2) is 12.4 Å². The third-order valence-corrected chi connectivity index (χ3v) is 3.50. The van der Waals surface area contributed by atoms with E-state index in [0.29, 0.717) is 18.2 Å². The topological polar surface area (TPSA) is 115 Å². The molecule has 3 aliphatic rings. The minimum absolute atomic E-state index is 0.296. The molecule has 9 heteroatoms. The van der Waals surface area contributed by atoms with Crippen molar-refractivity contribution in [3.63, 3.8) is 0 Å². The molecule has 106 valence electrons. The molecular weight excluding hydrogens is 257 g/mol. The third-order valence-electron chi connectivity index (χ3n) is 3.50. The minimum Gasteiger partial charge on any atom is -0.394 e. The average molecular weight is 273 g/mol. The number of aliphatic hydroxyl groups excluding tert-OH is 2. The van der Waals surface area contributed by atoms with Gasteiger partial charge in [-0.3, -0.25) is 4.99 Å². The van der Waals surface area contributed by atoms with Gasteiger partial charge in [0.1, 0.15) is 24.2 Å². The number of hydrogen-bond acceptors (Lipinski definition) is 8. The number of alkyl halides is 1. The molecule has 0 spiro atoms. The molecule has 5 atom stereocenters. The zero-order valence-corrected chi connectivity index (χ0v) is 10.0. The third kappa shape index (κ3) is 1.86. The fraction of sp³-hybridized carbons (Fsp3) is 0.700. The van der Waals surface area contributed by atoms with Gasteiger partial charge in [0, 0.05) is 0 Å². The summed E-state index contributed by atoms with van der Waals surface area (Å²) in [5.41, 5.74) is 6.44. The van der Waals surface area contributed by atoms with Crippen LogP contribution in [0.2, 0.25) is 0 Å². The molecule has 0 radical (unpaired) electrons. The summed E-state index contributed by atoms with van der Waals surface area (Å²) < 4.78 is 19.4. The van der Waals surface area contributed by atoms with Gasteiger partial charge in [0.2, 0.25) is 0 Å². The number of halogens is 1. The van der Waals surface area contributed by atoms with Gasteiger partial charge in [-0.15, -0.1) is 0 Å². The molecule has 3 rings (SSSR count). The molecule has 0 aromatic rings. The second-order valence-electron chi connectivity index (χ2n) is 4.62. The molecule has 0 aliphatic carbocycles. The van der Waals surface area contributed by atoms with Crippen LogP contribution in [0.25, 0.3) is 0 Å². The van der Waals surface area contributed by atoms with Crippen LogP contribution < -0.4 is 16.4 Å². The second-order valence-corrected chi connectivity index (χ2v) is 4.62. The smallest absolute Gasteiger partial charge is 0.173 e. The van der Waals surface area contributed by atoms with E-state index in [9.17, 15) is 9.50 Å². The van der Waals surface area contributed by atoms with Crippen LogP contribution in [0.15, 0.2) is 16.5 Å². The van der Waals surface area contributed by atoms with E-state index in [0.717, 1.165) is 0 Å². The lowest BCUT2D eigenvalue weighted by atomic mass is 10.1. The summed E-state index contributed by atoms with van der Waals surface area (Å²) in [5.74, 6) is 0.584. The Kier molecular flexibility index (Phi) is 3.05. The highest BCUT2D eigenvalue weighted by molar-refractivity contribution is 5.61. The summed E-state index contributed by atoms with van der Waals surface area (Å²) in [6.07, 6.45) is -3.94. The van der Waals surface area contributed by atoms with Crippen LogP contribution in [0.3, 0.4) is 0 Å². The number of hydrogen-bond donors (Lipinski definition) is 5. The molecule has 1 saturated heterocycles. The lowest BCUT2D eigenvalue weighted by molar-refractivity contribution is -0.0741. The number of nitrogens with zero attached hydrogens (tertiary/aromatic N) is 2. The maximum Gasteiger partial charge on any atom is 0.173 e. The molecule has 0 amide bonds. The van der Waals surface area contributed by atoms with E-state index in [1.54, 1.807) is 4.90 Å². The Morgan fingerprint density at radius 2 is 2.42 bits per heavy atom. The molecule has 0 aromatic carbocycles. The van der Waals surface area contributed by atoms with Gasteiger partial charge in [-0.2, -0.15) is 0 Å². The molecular formula is C10H16FN5O3. The zero-order chi connectivity index (χ0) is 13.6. The van der Waals surface area contributed by atoms with Gasteiger partial charge >= 0.3 is 0 Å². The van der Waals surface area contributed by atoms with E-state index in [4.69, 9.17) is 15.6 Å². The van der Waals surface area contributed by atoms with Crippen LogP contribution in [-0.2, 0) is 4.74 Å². The van der Waals surface area contributed by atoms with Crippen molar-refractivity contribution in [3.05, 3.63) is 11.5 Å². The molecule has 0 bridgehead atoms. The fourth-order valence-electron chi connectivity index (χ4n) is 2.47. The number of rotatable bonds is 2. The molecule has 8 nitrogen and oxygen atoms in total. The minimum atomic E-state index is -1.61. The first kappa shape index (κ1) is 12.6. The lowest BCUT2D eigenvalue weighted by Gasteiger charge is -2.29. The van der Waals surface area contributed by atoms with E-state index in [1.807, 2.05) is 0 Å². The Morgan fingerprint density at radius 3 is 3.11 bits per heavy atom. The molecule has 0 aromatic heterocycles. The first-order valence-corrected chi connectivity index (χ1v) is 6.00. The van der Waals surface area contributed by atoms with E-state index in [2.05, 4.69) is 15.6 Å². The highest BCUT2D eigenvalue weighted by atomic mass is 19.1. The maximum absolute atomic E-state index is 14.1. The number of nitrogens with two attached hydrogens (primary N) is 1. The van der Waals surface area contributed by atoms with Crippen LogP contribution in [0.4, 0.5) is 4.39 Å². The first-order chi connectivity index (χ1) is 9.13. The number of ether oxygens (including phenoxy) is 1. The zero-order valence-electron chi connectivity index (χ0n) is 10.0. The van der Waals surface area contributed by atoms with Crippen LogP contribution in [0, 0.1) is 0 Å². The molecule has 3 aliphatic heterocycles. The monoisotopic (exact) mass is 273 g/mol. The van der Waals surface area contributed by atoms with Gasteiger partial charge in [-0.25, -0.2) is 4.39 Å². The quantitative estimate of drug-likeness (QED) is 0.373. The van der Waals surface area contributed by atoms with E-state index in [1.165, 1.54) is 6.34 Å². The van der Waals surface area contributed by atoms with Crippen molar-refractivity contribution < 1.29 is 19.3 Å². The van der Waals surface area contributed by atoms with Crippen molar-refractivity contribution in [1.29, 1.82) is 0 Å². The van der Waals surface area contributed by atoms with Crippen LogP contribution >= 0.6 is 0 Å². The lowest BCUT2D eigenvalue weighted by Crippen LogP contribution is -2.44. The van der Waals surface area contributed by atoms with Gasteiger partial charge in [-0.05, 0) is 0 Å². The number of aliphatic imine (C=N–C) groups is 1. The normalized spacial score (nSPS) is 41.3. The summed E-state index contributed by atoms with van der Waals surface area (Å²) in [5, 5.41) is 24.6. The predicted molar refractivity (Wildman–Crippen MR) is 63.1 cm³/mol. The van der Waals surface area contributed by atoms with E-state index in [-0.39, 0.29) is 0 Å². The Morgan fingerprint density at radius 1 is 1.63 bits per heavy atom. The standard InChI is InChI=1S/C10H16FN5O3/c11-5-7(18)4(1-17)19-10(5)16-3-15-6-8(12)13-2-14-9(6)16/h2,4-5,7-8,10,15,17-18H,1,3,12H2,(H,13,14)/t4-,5?,7?,8?,10-/m1/s1. The number of aliphatic hydroxyl groups is 2. The maximum atomic E-state index is 14.1. The van der Waals surface area contributed by atoms with Crippen molar-refractivity contribution in [2.75, 3.05) is 13.3 Å². The van der Waals surface area contributed by atoms with Gasteiger partial charge < -0.3 is 36.2 Å². The predicted octanol–water partition coefficient (Wildman–Crippen LogP) is -2.65. The van der Waals surface area contributed by atoms with Crippen molar-refractivity contribution in [2.24, 2.45) is 10.7 Å². The molecule has 3 heterocycles. The van der Waals surface area contributed by atoms with Crippen molar-refractivity contribution in [3.8, 4) is 0 Å². The molecule has 1 fully saturated rings. The van der Waals surface area contributed by atoms with E-state index >= 15 is 0 Å². The van der Waals surface area contributed by atoms with Gasteiger partial charge in [-0.1, -0.05) is 0 Å². The number of nitrogens with one attached hydrogen (secondary N) is 2. The Bertz CT molecular complexity index is 431. The highest BCUT2D eigenvalue weighted by Crippen LogP contribution is 2.31. The fourth-order valence-corrected chi connectivity index (χ4v) is 2.47. The molecule has 6 N–H and O–H groups in total. The van der Waals surface area contributed by atoms with Crippen LogP contribution in [-0.4, -0.2) is 65.5 Å². The van der Waals surface area contributed by atoms with Crippen molar-refractivity contribution in [1.82, 2.24) is 15.5 Å². The van der Waals surface area contributed by atoms with Gasteiger partial charge in [0.25, 0.3) is 0 Å². The van der Waals surface area contributed by atoms with Crippen molar-refractivity contribution in [2.45, 2.75) is 30.8 Å². The summed E-state index contributed by atoms with van der Waals surface area (Å²) in [4.78, 5) is 5.56. The van der Waals surface area contributed by atoms with Crippen LogP contribution in [0.1, 0.15) is 0 Å². The average Bonchev–Trinajstić information content (AvgIpc) is 2.94. The molecule has 0 saturated carbocycles. The Labute approximate surface area is 108 Å². The second kappa shape index (κ2) is 4.60. The largest absolute Gasteiger partial charge is 0.394 e. The Balaban J connectivity index is 1.81. The summed E-state index contributed by atoms with van der Waals surface area (Å²) >= 11 is 0. The van der Waals surface area contributed by atoms with Gasteiger partial charge in [0.05, 0.1) is 25.3 Å². The summed E-state index contributed by atoms with van der Waals surface area (Å²) in [7, 11) is 0. The highest BCUT2D eigenvalue weighted by Gasteiger charge is 2.49. The van der Waals surface area contributed by atoms with Crippen molar-refractivity contribution >= 4 is 6.34 Å². The molecule has 3 unspecified atom stereocenters. The van der Waals surface area contributed by atoms with E-state index < -0.39 is 37.4 Å². The summed E-state index contributed by atoms with van der Waals surface area (Å²) in [6.45, 7) is -0.135. The summed E-state index contributed by atoms with van der Waals surface area (Å²) in [6, 6.07) is 0. The van der Waals surface area contributed by atoms with Crippen LogP contribution in [0.5, 0.6) is 0 Å². The SMILES string of the molecule is NC1N=CNC2=C1NCN2[C@@H]1O[C@H](CO)C(O)C1F. The first-order valence-electron chi connectivity index (χ1n) is 6.00.